The van der Waals surface area contributed by atoms with Gasteiger partial charge >= 0.3 is 0 Å². The lowest BCUT2D eigenvalue weighted by atomic mass is 9.86. The van der Waals surface area contributed by atoms with Gasteiger partial charge in [-0.3, -0.25) is 14.5 Å². The minimum absolute atomic E-state index is 0.00342. The highest BCUT2D eigenvalue weighted by Gasteiger charge is 2.54. The summed E-state index contributed by atoms with van der Waals surface area (Å²) in [6.45, 7) is 10.0. The van der Waals surface area contributed by atoms with Crippen LogP contribution in [0.25, 0.3) is 0 Å². The van der Waals surface area contributed by atoms with Gasteiger partial charge in [-0.1, -0.05) is 67.7 Å². The Bertz CT molecular complexity index is 1700. The molecule has 4 aliphatic heterocycles. The van der Waals surface area contributed by atoms with E-state index in [1.807, 2.05) is 40.1 Å². The lowest BCUT2D eigenvalue weighted by Gasteiger charge is -2.39. The Morgan fingerprint density at radius 1 is 1.00 bits per heavy atom. The monoisotopic (exact) mass is 724 g/mol. The highest BCUT2D eigenvalue weighted by atomic mass is 28.3. The molecule has 2 N–H and O–H groups in total. The molecule has 4 fully saturated rings. The van der Waals surface area contributed by atoms with E-state index in [0.717, 1.165) is 68.7 Å². The summed E-state index contributed by atoms with van der Waals surface area (Å²) in [4.78, 5) is 34.3. The molecular formula is C42H56N4O5Si. The van der Waals surface area contributed by atoms with Crippen LogP contribution in [-0.2, 0) is 20.7 Å². The van der Waals surface area contributed by atoms with Gasteiger partial charge in [0.2, 0.25) is 5.91 Å². The molecule has 3 aromatic carbocycles. The number of benzene rings is 3. The molecule has 7 rings (SSSR count). The van der Waals surface area contributed by atoms with Crippen LogP contribution in [0.1, 0.15) is 51.0 Å². The number of ether oxygens (including phenoxy) is 2. The zero-order chi connectivity index (χ0) is 36.5. The Labute approximate surface area is 310 Å². The highest BCUT2D eigenvalue weighted by Crippen LogP contribution is 2.47. The number of likely N-dealkylation sites (tertiary alicyclic amines) is 1. The SMILES string of the molecule is COc1ccc([Si](C)(C)[C@H]2[C@H](C)[C@H](CCc3cccc(N4CN(c5ccccc5)C5(CCNCC5)C4=O)c3)O[C@@H]2CC(=O)N2CCC[C@H]2CO)cc1. The highest BCUT2D eigenvalue weighted by molar-refractivity contribution is 6.91. The first-order chi connectivity index (χ1) is 25.2. The van der Waals surface area contributed by atoms with Crippen molar-refractivity contribution in [1.29, 1.82) is 0 Å². The number of piperidine rings is 1. The Morgan fingerprint density at radius 2 is 1.73 bits per heavy atom. The van der Waals surface area contributed by atoms with Crippen molar-refractivity contribution in [2.75, 3.05) is 49.8 Å². The van der Waals surface area contributed by atoms with Crippen molar-refractivity contribution < 1.29 is 24.2 Å². The molecule has 0 saturated carbocycles. The Hall–Kier alpha value is -3.70. The molecule has 4 saturated heterocycles. The van der Waals surface area contributed by atoms with E-state index >= 15 is 0 Å². The standard InChI is InChI=1S/C42H56N4O5Si/c1-30-37(51-38(27-39(48)44-25-9-14-34(44)28-47)40(30)52(3,4)36-18-16-35(50-2)17-19-36)20-15-31-10-8-13-33(26-31)45-29-46(32-11-6-5-7-12-32)42(41(45)49)21-23-43-24-22-42/h5-8,10-13,16-19,26,30,34,37-38,40,43,47H,9,14-15,20-25,27-29H2,1-4H3/t30-,34+,37+,38-,40+/m1/s1. The summed E-state index contributed by atoms with van der Waals surface area (Å²) >= 11 is 0. The van der Waals surface area contributed by atoms with Crippen LogP contribution in [0.5, 0.6) is 5.75 Å². The van der Waals surface area contributed by atoms with E-state index in [4.69, 9.17) is 9.47 Å². The summed E-state index contributed by atoms with van der Waals surface area (Å²) in [6, 6.07) is 27.2. The lowest BCUT2D eigenvalue weighted by molar-refractivity contribution is -0.135. The number of rotatable bonds is 11. The topological polar surface area (TPSA) is 94.6 Å². The molecular weight excluding hydrogens is 669 g/mol. The molecule has 0 unspecified atom stereocenters. The number of carbonyl (C=O) groups excluding carboxylic acids is 2. The van der Waals surface area contributed by atoms with Crippen LogP contribution in [-0.4, -0.2) is 93.7 Å². The first-order valence-electron chi connectivity index (χ1n) is 19.3. The number of anilines is 2. The largest absolute Gasteiger partial charge is 0.497 e. The van der Waals surface area contributed by atoms with Crippen molar-refractivity contribution >= 4 is 36.4 Å². The van der Waals surface area contributed by atoms with E-state index < -0.39 is 13.6 Å². The summed E-state index contributed by atoms with van der Waals surface area (Å²) in [5.74, 6) is 1.38. The lowest BCUT2D eigenvalue weighted by Crippen LogP contribution is -2.55. The Morgan fingerprint density at radius 3 is 2.44 bits per heavy atom. The van der Waals surface area contributed by atoms with Crippen LogP contribution in [0.4, 0.5) is 11.4 Å². The number of aliphatic hydroxyl groups excluding tert-OH is 1. The zero-order valence-electron chi connectivity index (χ0n) is 31.3. The fourth-order valence-corrected chi connectivity index (χ4v) is 13.9. The molecule has 278 valence electrons. The van der Waals surface area contributed by atoms with Gasteiger partial charge in [-0.15, -0.1) is 0 Å². The summed E-state index contributed by atoms with van der Waals surface area (Å²) in [7, 11) is -0.440. The molecule has 52 heavy (non-hydrogen) atoms. The molecule has 1 spiro atoms. The number of aryl methyl sites for hydroxylation is 1. The molecule has 0 bridgehead atoms. The third kappa shape index (κ3) is 6.90. The number of methoxy groups -OCH3 is 1. The van der Waals surface area contributed by atoms with Crippen LogP contribution in [0.2, 0.25) is 18.6 Å². The predicted molar refractivity (Wildman–Crippen MR) is 209 cm³/mol. The average molecular weight is 725 g/mol. The molecule has 4 heterocycles. The van der Waals surface area contributed by atoms with Crippen LogP contribution in [0.15, 0.2) is 78.9 Å². The fraction of sp³-hybridized carbons (Fsp3) is 0.524. The van der Waals surface area contributed by atoms with E-state index in [9.17, 15) is 14.7 Å². The second kappa shape index (κ2) is 15.3. The van der Waals surface area contributed by atoms with Gasteiger partial charge in [-0.25, -0.2) is 0 Å². The minimum Gasteiger partial charge on any atom is -0.497 e. The number of hydrogen-bond acceptors (Lipinski definition) is 7. The maximum atomic E-state index is 14.3. The molecule has 9 nitrogen and oxygen atoms in total. The molecule has 10 heteroatoms. The van der Waals surface area contributed by atoms with Crippen LogP contribution >= 0.6 is 0 Å². The second-order valence-electron chi connectivity index (χ2n) is 15.9. The first-order valence-corrected chi connectivity index (χ1v) is 22.4. The van der Waals surface area contributed by atoms with Gasteiger partial charge in [0.05, 0.1) is 53.1 Å². The molecule has 0 radical (unpaired) electrons. The molecule has 0 aliphatic carbocycles. The van der Waals surface area contributed by atoms with Gasteiger partial charge < -0.3 is 29.7 Å². The fourth-order valence-electron chi connectivity index (χ4n) is 9.84. The number of para-hydroxylation sites is 1. The summed E-state index contributed by atoms with van der Waals surface area (Å²) in [5.41, 5.74) is 2.92. The third-order valence-electron chi connectivity index (χ3n) is 12.7. The minimum atomic E-state index is -2.13. The Balaban J connectivity index is 1.10. The Kier molecular flexibility index (Phi) is 10.8. The number of carbonyl (C=O) groups is 2. The van der Waals surface area contributed by atoms with E-state index in [-0.39, 0.29) is 48.1 Å². The van der Waals surface area contributed by atoms with Crippen molar-refractivity contribution in [3.63, 3.8) is 0 Å². The number of amides is 2. The van der Waals surface area contributed by atoms with E-state index in [2.05, 4.69) is 78.8 Å². The van der Waals surface area contributed by atoms with Crippen LogP contribution in [0.3, 0.4) is 0 Å². The number of aliphatic hydroxyl groups is 1. The van der Waals surface area contributed by atoms with Crippen molar-refractivity contribution in [2.45, 2.75) is 94.3 Å². The van der Waals surface area contributed by atoms with E-state index in [1.165, 1.54) is 10.8 Å². The quantitative estimate of drug-likeness (QED) is 0.259. The maximum Gasteiger partial charge on any atom is 0.254 e. The van der Waals surface area contributed by atoms with Crippen molar-refractivity contribution in [3.05, 3.63) is 84.4 Å². The average Bonchev–Trinajstić information content (AvgIpc) is 3.86. The zero-order valence-corrected chi connectivity index (χ0v) is 32.3. The number of nitrogens with zero attached hydrogens (tertiary/aromatic N) is 3. The number of nitrogens with one attached hydrogen (secondary N) is 1. The predicted octanol–water partition coefficient (Wildman–Crippen LogP) is 5.32. The van der Waals surface area contributed by atoms with Crippen LogP contribution in [0, 0.1) is 5.92 Å². The molecule has 2 amide bonds. The summed E-state index contributed by atoms with van der Waals surface area (Å²) < 4.78 is 12.4. The van der Waals surface area contributed by atoms with Gasteiger partial charge in [0.1, 0.15) is 11.3 Å². The van der Waals surface area contributed by atoms with Crippen molar-refractivity contribution in [2.24, 2.45) is 5.92 Å². The first kappa shape index (κ1) is 36.6. The normalized spacial score (nSPS) is 26.1. The third-order valence-corrected chi connectivity index (χ3v) is 17.1. The molecule has 0 aromatic heterocycles. The van der Waals surface area contributed by atoms with Crippen molar-refractivity contribution in [1.82, 2.24) is 10.2 Å². The van der Waals surface area contributed by atoms with E-state index in [0.29, 0.717) is 19.6 Å². The van der Waals surface area contributed by atoms with Gasteiger partial charge in [-0.2, -0.15) is 0 Å². The second-order valence-corrected chi connectivity index (χ2v) is 20.6. The summed E-state index contributed by atoms with van der Waals surface area (Å²) in [5, 5.41) is 14.7. The number of hydrogen-bond donors (Lipinski definition) is 2. The molecule has 4 aliphatic rings. The van der Waals surface area contributed by atoms with Crippen molar-refractivity contribution in [3.8, 4) is 5.75 Å². The van der Waals surface area contributed by atoms with Gasteiger partial charge in [0, 0.05) is 17.9 Å². The van der Waals surface area contributed by atoms with E-state index in [1.54, 1.807) is 7.11 Å². The van der Waals surface area contributed by atoms with Crippen LogP contribution < -0.4 is 25.0 Å². The molecule has 3 aromatic rings. The van der Waals surface area contributed by atoms with Gasteiger partial charge in [-0.05, 0) is 105 Å². The maximum absolute atomic E-state index is 14.3. The molecule has 5 atom stereocenters. The summed E-state index contributed by atoms with van der Waals surface area (Å²) in [6.07, 6.45) is 5.17. The smallest absolute Gasteiger partial charge is 0.254 e. The van der Waals surface area contributed by atoms with Gasteiger partial charge in [0.25, 0.3) is 5.91 Å². The van der Waals surface area contributed by atoms with Gasteiger partial charge in [0.15, 0.2) is 0 Å².